The normalized spacial score (nSPS) is 15.9. The number of hydrogen-bond acceptors (Lipinski definition) is 4. The number of sulfonamides is 1. The van der Waals surface area contributed by atoms with Crippen LogP contribution in [0.25, 0.3) is 0 Å². The molecule has 2 aromatic carbocycles. The molecular weight excluding hydrogens is 412 g/mol. The van der Waals surface area contributed by atoms with Gasteiger partial charge in [0, 0.05) is 18.0 Å². The maximum absolute atomic E-state index is 12.6. The topological polar surface area (TPSA) is 84.5 Å². The van der Waals surface area contributed by atoms with Crippen LogP contribution in [0.4, 0.5) is 0 Å². The van der Waals surface area contributed by atoms with Gasteiger partial charge in [0.25, 0.3) is 0 Å². The van der Waals surface area contributed by atoms with Crippen molar-refractivity contribution in [1.82, 2.24) is 10.0 Å². The zero-order chi connectivity index (χ0) is 22.3. The molecule has 2 aromatic rings. The van der Waals surface area contributed by atoms with Crippen LogP contribution < -0.4 is 14.8 Å². The van der Waals surface area contributed by atoms with E-state index in [0.29, 0.717) is 12.8 Å². The molecule has 168 valence electrons. The van der Waals surface area contributed by atoms with Crippen molar-refractivity contribution in [2.75, 3.05) is 7.11 Å². The third-order valence-corrected chi connectivity index (χ3v) is 7.32. The Labute approximate surface area is 185 Å². The molecule has 0 unspecified atom stereocenters. The Morgan fingerprint density at radius 3 is 2.42 bits per heavy atom. The van der Waals surface area contributed by atoms with Crippen molar-refractivity contribution in [3.8, 4) is 5.75 Å². The van der Waals surface area contributed by atoms with Gasteiger partial charge >= 0.3 is 0 Å². The summed E-state index contributed by atoms with van der Waals surface area (Å²) >= 11 is 0. The molecule has 31 heavy (non-hydrogen) atoms. The third-order valence-electron chi connectivity index (χ3n) is 5.78. The van der Waals surface area contributed by atoms with Crippen molar-refractivity contribution >= 4 is 15.9 Å². The van der Waals surface area contributed by atoms with Gasteiger partial charge in [-0.2, -0.15) is 0 Å². The Morgan fingerprint density at radius 1 is 1.06 bits per heavy atom. The van der Waals surface area contributed by atoms with Crippen molar-refractivity contribution < 1.29 is 17.9 Å². The number of methoxy groups -OCH3 is 1. The van der Waals surface area contributed by atoms with Crippen LogP contribution in [-0.4, -0.2) is 27.5 Å². The fourth-order valence-corrected chi connectivity index (χ4v) is 5.32. The molecule has 1 amide bonds. The van der Waals surface area contributed by atoms with E-state index in [1.165, 1.54) is 6.42 Å². The van der Waals surface area contributed by atoms with E-state index in [4.69, 9.17) is 4.74 Å². The molecule has 1 fully saturated rings. The highest BCUT2D eigenvalue weighted by Crippen LogP contribution is 2.24. The minimum Gasteiger partial charge on any atom is -0.496 e. The average Bonchev–Trinajstić information content (AvgIpc) is 2.78. The fourth-order valence-electron chi connectivity index (χ4n) is 4.02. The molecule has 2 N–H and O–H groups in total. The Kier molecular flexibility index (Phi) is 8.09. The molecule has 0 radical (unpaired) electrons. The standard InChI is InChI=1S/C24H32N2O4S/c1-18(22-10-6-7-11-23(22)30-2)25-24(27)17-14-19-12-15-21(16-13-19)31(28,29)26-20-8-4-3-5-9-20/h6-7,10-13,15-16,18,20,26H,3-5,8-9,14,17H2,1-2H3,(H,25,27)/t18-/m0/s1. The van der Waals surface area contributed by atoms with E-state index in [1.54, 1.807) is 31.4 Å². The number of hydrogen-bond donors (Lipinski definition) is 2. The lowest BCUT2D eigenvalue weighted by Crippen LogP contribution is -2.36. The predicted octanol–water partition coefficient (Wildman–Crippen LogP) is 4.12. The van der Waals surface area contributed by atoms with Crippen LogP contribution in [0, 0.1) is 0 Å². The monoisotopic (exact) mass is 444 g/mol. The molecule has 1 aliphatic rings. The van der Waals surface area contributed by atoms with E-state index in [1.807, 2.05) is 31.2 Å². The highest BCUT2D eigenvalue weighted by molar-refractivity contribution is 7.89. The maximum Gasteiger partial charge on any atom is 0.240 e. The molecule has 0 heterocycles. The van der Waals surface area contributed by atoms with Crippen LogP contribution >= 0.6 is 0 Å². The Hall–Kier alpha value is -2.38. The second-order valence-electron chi connectivity index (χ2n) is 8.13. The van der Waals surface area contributed by atoms with Crippen LogP contribution in [0.5, 0.6) is 5.75 Å². The molecule has 0 aliphatic heterocycles. The highest BCUT2D eigenvalue weighted by atomic mass is 32.2. The minimum absolute atomic E-state index is 0.0346. The second kappa shape index (κ2) is 10.8. The number of benzene rings is 2. The summed E-state index contributed by atoms with van der Waals surface area (Å²) in [6, 6.07) is 14.3. The maximum atomic E-state index is 12.6. The van der Waals surface area contributed by atoms with Crippen LogP contribution in [0.15, 0.2) is 53.4 Å². The summed E-state index contributed by atoms with van der Waals surface area (Å²) in [7, 11) is -1.89. The van der Waals surface area contributed by atoms with Crippen LogP contribution in [0.2, 0.25) is 0 Å². The lowest BCUT2D eigenvalue weighted by Gasteiger charge is -2.22. The molecule has 1 saturated carbocycles. The van der Waals surface area contributed by atoms with Crippen molar-refractivity contribution in [1.29, 1.82) is 0 Å². The molecule has 1 aliphatic carbocycles. The summed E-state index contributed by atoms with van der Waals surface area (Å²) in [4.78, 5) is 12.7. The van der Waals surface area contributed by atoms with E-state index in [-0.39, 0.29) is 22.9 Å². The number of nitrogens with one attached hydrogen (secondary N) is 2. The molecule has 0 bridgehead atoms. The number of para-hydroxylation sites is 1. The SMILES string of the molecule is COc1ccccc1[C@H](C)NC(=O)CCc1ccc(S(=O)(=O)NC2CCCCC2)cc1. The van der Waals surface area contributed by atoms with E-state index < -0.39 is 10.0 Å². The molecule has 1 atom stereocenters. The number of carbonyl (C=O) groups excluding carboxylic acids is 1. The van der Waals surface area contributed by atoms with Gasteiger partial charge in [-0.15, -0.1) is 0 Å². The summed E-state index contributed by atoms with van der Waals surface area (Å²) in [5.41, 5.74) is 1.86. The van der Waals surface area contributed by atoms with Gasteiger partial charge in [-0.1, -0.05) is 49.6 Å². The molecule has 0 saturated heterocycles. The van der Waals surface area contributed by atoms with Gasteiger partial charge in [-0.05, 0) is 49.9 Å². The van der Waals surface area contributed by atoms with E-state index in [0.717, 1.165) is 42.6 Å². The fraction of sp³-hybridized carbons (Fsp3) is 0.458. The summed E-state index contributed by atoms with van der Waals surface area (Å²) in [5, 5.41) is 3.00. The number of carbonyl (C=O) groups is 1. The number of rotatable bonds is 9. The number of aryl methyl sites for hydroxylation is 1. The second-order valence-corrected chi connectivity index (χ2v) is 9.85. The first kappa shape index (κ1) is 23.3. The van der Waals surface area contributed by atoms with Crippen LogP contribution in [-0.2, 0) is 21.2 Å². The zero-order valence-electron chi connectivity index (χ0n) is 18.3. The quantitative estimate of drug-likeness (QED) is 0.609. The van der Waals surface area contributed by atoms with Crippen LogP contribution in [0.3, 0.4) is 0 Å². The van der Waals surface area contributed by atoms with E-state index in [9.17, 15) is 13.2 Å². The lowest BCUT2D eigenvalue weighted by molar-refractivity contribution is -0.121. The van der Waals surface area contributed by atoms with Crippen molar-refractivity contribution in [3.05, 3.63) is 59.7 Å². The molecule has 0 spiro atoms. The summed E-state index contributed by atoms with van der Waals surface area (Å²) in [5.74, 6) is 0.683. The van der Waals surface area contributed by atoms with Crippen molar-refractivity contribution in [2.45, 2.75) is 68.8 Å². The summed E-state index contributed by atoms with van der Waals surface area (Å²) in [6.45, 7) is 1.93. The van der Waals surface area contributed by atoms with Crippen molar-refractivity contribution in [2.24, 2.45) is 0 Å². The van der Waals surface area contributed by atoms with Gasteiger partial charge in [0.15, 0.2) is 0 Å². The first-order chi connectivity index (χ1) is 14.9. The molecule has 6 nitrogen and oxygen atoms in total. The van der Waals surface area contributed by atoms with Gasteiger partial charge in [-0.3, -0.25) is 4.79 Å². The van der Waals surface area contributed by atoms with Gasteiger partial charge < -0.3 is 10.1 Å². The zero-order valence-corrected chi connectivity index (χ0v) is 19.1. The Morgan fingerprint density at radius 2 is 1.74 bits per heavy atom. The molecular formula is C24H32N2O4S. The molecule has 3 rings (SSSR count). The van der Waals surface area contributed by atoms with E-state index >= 15 is 0 Å². The predicted molar refractivity (Wildman–Crippen MR) is 122 cm³/mol. The van der Waals surface area contributed by atoms with Gasteiger partial charge in [0.05, 0.1) is 18.0 Å². The third kappa shape index (κ3) is 6.55. The minimum atomic E-state index is -3.50. The first-order valence-electron chi connectivity index (χ1n) is 10.9. The number of ether oxygens (including phenoxy) is 1. The Bertz CT molecular complexity index is 967. The smallest absolute Gasteiger partial charge is 0.240 e. The van der Waals surface area contributed by atoms with Crippen molar-refractivity contribution in [3.63, 3.8) is 0 Å². The summed E-state index contributed by atoms with van der Waals surface area (Å²) in [6.07, 6.45) is 6.00. The van der Waals surface area contributed by atoms with Crippen LogP contribution in [0.1, 0.15) is 62.6 Å². The van der Waals surface area contributed by atoms with E-state index in [2.05, 4.69) is 10.0 Å². The van der Waals surface area contributed by atoms with Gasteiger partial charge in [-0.25, -0.2) is 13.1 Å². The average molecular weight is 445 g/mol. The van der Waals surface area contributed by atoms with Gasteiger partial charge in [0.2, 0.25) is 15.9 Å². The number of amides is 1. The largest absolute Gasteiger partial charge is 0.496 e. The van der Waals surface area contributed by atoms with Gasteiger partial charge in [0.1, 0.15) is 5.75 Å². The molecule has 0 aromatic heterocycles. The summed E-state index contributed by atoms with van der Waals surface area (Å²) < 4.78 is 33.4. The molecule has 7 heteroatoms. The first-order valence-corrected chi connectivity index (χ1v) is 12.4. The Balaban J connectivity index is 1.52. The highest BCUT2D eigenvalue weighted by Gasteiger charge is 2.21. The lowest BCUT2D eigenvalue weighted by atomic mass is 9.96.